The number of amides is 1. The predicted octanol–water partition coefficient (Wildman–Crippen LogP) is 2.21. The SMILES string of the molecule is CCC(Oc1cccc(C)c1)C(=O)N[C@@H]1C=C[C@H](CO)C1. The molecule has 1 unspecified atom stereocenters. The maximum atomic E-state index is 12.3. The lowest BCUT2D eigenvalue weighted by Gasteiger charge is -2.20. The van der Waals surface area contributed by atoms with E-state index in [2.05, 4.69) is 5.32 Å². The van der Waals surface area contributed by atoms with Crippen molar-refractivity contribution >= 4 is 5.91 Å². The second-order valence-electron chi connectivity index (χ2n) is 5.51. The minimum atomic E-state index is -0.492. The van der Waals surface area contributed by atoms with E-state index in [1.165, 1.54) is 0 Å². The number of aryl methyl sites for hydroxylation is 1. The number of aliphatic hydroxyl groups excluding tert-OH is 1. The number of ether oxygens (including phenoxy) is 1. The summed E-state index contributed by atoms with van der Waals surface area (Å²) in [7, 11) is 0. The zero-order valence-electron chi connectivity index (χ0n) is 12.6. The van der Waals surface area contributed by atoms with Gasteiger partial charge in [0.2, 0.25) is 0 Å². The molecular weight excluding hydrogens is 266 g/mol. The summed E-state index contributed by atoms with van der Waals surface area (Å²) in [5.74, 6) is 0.757. The van der Waals surface area contributed by atoms with Gasteiger partial charge in [0.25, 0.3) is 5.91 Å². The average Bonchev–Trinajstić information content (AvgIpc) is 2.92. The second-order valence-corrected chi connectivity index (χ2v) is 5.51. The fourth-order valence-corrected chi connectivity index (χ4v) is 2.47. The first-order chi connectivity index (χ1) is 10.1. The number of rotatable bonds is 6. The third kappa shape index (κ3) is 4.33. The van der Waals surface area contributed by atoms with Gasteiger partial charge in [-0.05, 0) is 37.5 Å². The molecule has 1 amide bonds. The molecule has 0 heterocycles. The zero-order valence-corrected chi connectivity index (χ0v) is 12.6. The molecule has 1 aromatic rings. The summed E-state index contributed by atoms with van der Waals surface area (Å²) < 4.78 is 5.78. The molecule has 1 aromatic carbocycles. The molecule has 21 heavy (non-hydrogen) atoms. The van der Waals surface area contributed by atoms with Crippen molar-refractivity contribution in [2.45, 2.75) is 38.8 Å². The summed E-state index contributed by atoms with van der Waals surface area (Å²) in [5, 5.41) is 12.1. The van der Waals surface area contributed by atoms with Gasteiger partial charge >= 0.3 is 0 Å². The molecule has 114 valence electrons. The topological polar surface area (TPSA) is 58.6 Å². The molecule has 4 nitrogen and oxygen atoms in total. The van der Waals surface area contributed by atoms with Crippen molar-refractivity contribution in [2.24, 2.45) is 5.92 Å². The van der Waals surface area contributed by atoms with E-state index < -0.39 is 6.10 Å². The first kappa shape index (κ1) is 15.6. The van der Waals surface area contributed by atoms with Gasteiger partial charge < -0.3 is 15.2 Å². The largest absolute Gasteiger partial charge is 0.481 e. The van der Waals surface area contributed by atoms with Gasteiger partial charge in [-0.1, -0.05) is 31.2 Å². The summed E-state index contributed by atoms with van der Waals surface area (Å²) in [6, 6.07) is 7.69. The van der Waals surface area contributed by atoms with Crippen LogP contribution in [0.25, 0.3) is 0 Å². The summed E-state index contributed by atoms with van der Waals surface area (Å²) in [6.07, 6.45) is 4.77. The van der Waals surface area contributed by atoms with Gasteiger partial charge in [-0.3, -0.25) is 4.79 Å². The molecule has 0 spiro atoms. The Labute approximate surface area is 125 Å². The Morgan fingerprint density at radius 3 is 2.90 bits per heavy atom. The Kier molecular flexibility index (Phi) is 5.39. The first-order valence-electron chi connectivity index (χ1n) is 7.45. The maximum Gasteiger partial charge on any atom is 0.261 e. The average molecular weight is 289 g/mol. The highest BCUT2D eigenvalue weighted by molar-refractivity contribution is 5.81. The maximum absolute atomic E-state index is 12.3. The zero-order chi connectivity index (χ0) is 15.2. The lowest BCUT2D eigenvalue weighted by atomic mass is 10.1. The minimum absolute atomic E-state index is 0.00944. The highest BCUT2D eigenvalue weighted by Crippen LogP contribution is 2.19. The van der Waals surface area contributed by atoms with E-state index in [0.29, 0.717) is 12.2 Å². The quantitative estimate of drug-likeness (QED) is 0.789. The minimum Gasteiger partial charge on any atom is -0.481 e. The molecule has 2 rings (SSSR count). The van der Waals surface area contributed by atoms with Gasteiger partial charge in [0, 0.05) is 18.6 Å². The Balaban J connectivity index is 1.91. The fraction of sp³-hybridized carbons (Fsp3) is 0.471. The molecule has 0 aromatic heterocycles. The molecule has 0 fully saturated rings. The van der Waals surface area contributed by atoms with E-state index in [1.54, 1.807) is 0 Å². The Morgan fingerprint density at radius 2 is 2.29 bits per heavy atom. The number of benzene rings is 1. The molecule has 1 aliphatic carbocycles. The van der Waals surface area contributed by atoms with Crippen molar-refractivity contribution in [1.29, 1.82) is 0 Å². The van der Waals surface area contributed by atoms with Crippen molar-refractivity contribution in [3.05, 3.63) is 42.0 Å². The van der Waals surface area contributed by atoms with Crippen LogP contribution in [0.15, 0.2) is 36.4 Å². The van der Waals surface area contributed by atoms with Gasteiger partial charge in [-0.15, -0.1) is 0 Å². The van der Waals surface area contributed by atoms with Crippen LogP contribution in [0.1, 0.15) is 25.3 Å². The van der Waals surface area contributed by atoms with E-state index in [0.717, 1.165) is 12.0 Å². The van der Waals surface area contributed by atoms with E-state index in [9.17, 15) is 4.79 Å². The number of hydrogen-bond donors (Lipinski definition) is 2. The molecule has 2 N–H and O–H groups in total. The van der Waals surface area contributed by atoms with Crippen LogP contribution in [0.5, 0.6) is 5.75 Å². The van der Waals surface area contributed by atoms with Crippen molar-refractivity contribution < 1.29 is 14.6 Å². The van der Waals surface area contributed by atoms with Crippen LogP contribution in [-0.4, -0.2) is 29.8 Å². The number of nitrogens with one attached hydrogen (secondary N) is 1. The number of carbonyl (C=O) groups excluding carboxylic acids is 1. The van der Waals surface area contributed by atoms with Crippen molar-refractivity contribution in [3.8, 4) is 5.75 Å². The molecule has 0 radical (unpaired) electrons. The standard InChI is InChI=1S/C17H23NO3/c1-3-16(21-15-6-4-5-12(2)9-15)17(20)18-14-8-7-13(10-14)11-19/h4-9,13-14,16,19H,3,10-11H2,1-2H3,(H,18,20)/t13-,14+,16?/m0/s1. The highest BCUT2D eigenvalue weighted by Gasteiger charge is 2.24. The summed E-state index contributed by atoms with van der Waals surface area (Å²) in [5.41, 5.74) is 1.10. The molecule has 1 aliphatic rings. The van der Waals surface area contributed by atoms with Crippen molar-refractivity contribution in [2.75, 3.05) is 6.61 Å². The van der Waals surface area contributed by atoms with E-state index >= 15 is 0 Å². The van der Waals surface area contributed by atoms with E-state index in [-0.39, 0.29) is 24.5 Å². The van der Waals surface area contributed by atoms with Gasteiger partial charge in [0.15, 0.2) is 6.10 Å². The smallest absolute Gasteiger partial charge is 0.261 e. The van der Waals surface area contributed by atoms with Crippen LogP contribution in [0, 0.1) is 12.8 Å². The van der Waals surface area contributed by atoms with Crippen LogP contribution in [0.3, 0.4) is 0 Å². The monoisotopic (exact) mass is 289 g/mol. The van der Waals surface area contributed by atoms with E-state index in [1.807, 2.05) is 50.3 Å². The highest BCUT2D eigenvalue weighted by atomic mass is 16.5. The first-order valence-corrected chi connectivity index (χ1v) is 7.45. The van der Waals surface area contributed by atoms with E-state index in [4.69, 9.17) is 9.84 Å². The second kappa shape index (κ2) is 7.27. The van der Waals surface area contributed by atoms with Gasteiger partial charge in [0.05, 0.1) is 0 Å². The van der Waals surface area contributed by atoms with Crippen LogP contribution >= 0.6 is 0 Å². The molecule has 0 aliphatic heterocycles. The normalized spacial score (nSPS) is 22.0. The number of aliphatic hydroxyl groups is 1. The van der Waals surface area contributed by atoms with Gasteiger partial charge in [-0.2, -0.15) is 0 Å². The molecule has 3 atom stereocenters. The Morgan fingerprint density at radius 1 is 1.48 bits per heavy atom. The molecular formula is C17H23NO3. The predicted molar refractivity (Wildman–Crippen MR) is 82.1 cm³/mol. The third-order valence-corrected chi connectivity index (χ3v) is 3.67. The van der Waals surface area contributed by atoms with Crippen LogP contribution in [0.2, 0.25) is 0 Å². The Bertz CT molecular complexity index is 513. The molecule has 0 saturated heterocycles. The van der Waals surface area contributed by atoms with Gasteiger partial charge in [-0.25, -0.2) is 0 Å². The lowest BCUT2D eigenvalue weighted by Crippen LogP contribution is -2.42. The van der Waals surface area contributed by atoms with Crippen molar-refractivity contribution in [3.63, 3.8) is 0 Å². The summed E-state index contributed by atoms with van der Waals surface area (Å²) in [4.78, 5) is 12.3. The molecule has 0 bridgehead atoms. The molecule has 0 saturated carbocycles. The fourth-order valence-electron chi connectivity index (χ4n) is 2.47. The van der Waals surface area contributed by atoms with Gasteiger partial charge in [0.1, 0.15) is 5.75 Å². The lowest BCUT2D eigenvalue weighted by molar-refractivity contribution is -0.128. The van der Waals surface area contributed by atoms with Crippen LogP contribution < -0.4 is 10.1 Å². The van der Waals surface area contributed by atoms with Crippen molar-refractivity contribution in [1.82, 2.24) is 5.32 Å². The molecule has 4 heteroatoms. The Hall–Kier alpha value is -1.81. The summed E-state index contributed by atoms with van der Waals surface area (Å²) in [6.45, 7) is 4.05. The van der Waals surface area contributed by atoms with Crippen LogP contribution in [-0.2, 0) is 4.79 Å². The number of hydrogen-bond acceptors (Lipinski definition) is 3. The summed E-state index contributed by atoms with van der Waals surface area (Å²) >= 11 is 0. The van der Waals surface area contributed by atoms with Crippen LogP contribution in [0.4, 0.5) is 0 Å². The number of carbonyl (C=O) groups is 1. The third-order valence-electron chi connectivity index (χ3n) is 3.67.